The summed E-state index contributed by atoms with van der Waals surface area (Å²) in [5, 5.41) is 5.90. The molecule has 0 radical (unpaired) electrons. The first kappa shape index (κ1) is 20.1. The summed E-state index contributed by atoms with van der Waals surface area (Å²) in [6, 6.07) is 16.0. The zero-order valence-electron chi connectivity index (χ0n) is 16.7. The number of rotatable bonds is 7. The molecule has 28 heavy (non-hydrogen) atoms. The maximum absolute atomic E-state index is 12.3. The van der Waals surface area contributed by atoms with Crippen molar-refractivity contribution in [3.63, 3.8) is 0 Å². The van der Waals surface area contributed by atoms with E-state index in [-0.39, 0.29) is 17.7 Å². The molecule has 1 heterocycles. The first-order valence-corrected chi connectivity index (χ1v) is 9.93. The number of nitrogens with one attached hydrogen (secondary N) is 2. The van der Waals surface area contributed by atoms with Crippen LogP contribution in [-0.2, 0) is 11.2 Å². The van der Waals surface area contributed by atoms with E-state index in [1.165, 1.54) is 5.56 Å². The van der Waals surface area contributed by atoms with Crippen LogP contribution in [0.15, 0.2) is 48.5 Å². The van der Waals surface area contributed by atoms with Crippen molar-refractivity contribution in [2.45, 2.75) is 19.3 Å². The van der Waals surface area contributed by atoms with Crippen molar-refractivity contribution in [1.29, 1.82) is 0 Å². The zero-order valence-corrected chi connectivity index (χ0v) is 16.7. The van der Waals surface area contributed by atoms with Crippen LogP contribution >= 0.6 is 0 Å². The van der Waals surface area contributed by atoms with E-state index in [1.54, 1.807) is 0 Å². The standard InChI is InChI=1S/C23H29N3O2/c1-26(2)14-13-25-23(28)21-6-3-5-19(16-21)18-10-8-17(9-11-18)15-20-7-4-12-24-22(20)27/h3,5-6,8-11,16,20H,4,7,12-15H2,1-2H3,(H,24,27)(H,25,28). The normalized spacial score (nSPS) is 16.7. The van der Waals surface area contributed by atoms with Gasteiger partial charge in [-0.25, -0.2) is 0 Å². The van der Waals surface area contributed by atoms with Gasteiger partial charge in [-0.1, -0.05) is 36.4 Å². The minimum Gasteiger partial charge on any atom is -0.356 e. The third kappa shape index (κ3) is 5.42. The van der Waals surface area contributed by atoms with Gasteiger partial charge in [-0.15, -0.1) is 0 Å². The van der Waals surface area contributed by atoms with E-state index < -0.39 is 0 Å². The molecule has 2 amide bonds. The number of carbonyl (C=O) groups is 2. The molecule has 1 unspecified atom stereocenters. The number of likely N-dealkylation sites (N-methyl/N-ethyl adjacent to an activating group) is 1. The molecule has 1 aliphatic heterocycles. The van der Waals surface area contributed by atoms with Crippen LogP contribution in [0.3, 0.4) is 0 Å². The Morgan fingerprint density at radius 1 is 1.14 bits per heavy atom. The maximum atomic E-state index is 12.3. The van der Waals surface area contributed by atoms with Gasteiger partial charge in [-0.05, 0) is 62.2 Å². The zero-order chi connectivity index (χ0) is 19.9. The Hall–Kier alpha value is -2.66. The molecule has 2 aromatic carbocycles. The second kappa shape index (κ2) is 9.51. The van der Waals surface area contributed by atoms with Crippen molar-refractivity contribution in [3.8, 4) is 11.1 Å². The van der Waals surface area contributed by atoms with Gasteiger partial charge in [0.15, 0.2) is 0 Å². The van der Waals surface area contributed by atoms with E-state index in [1.807, 2.05) is 43.3 Å². The number of piperidine rings is 1. The Morgan fingerprint density at radius 2 is 1.93 bits per heavy atom. The third-order valence-electron chi connectivity index (χ3n) is 5.14. The van der Waals surface area contributed by atoms with Crippen molar-refractivity contribution in [2.75, 3.05) is 33.7 Å². The number of nitrogens with zero attached hydrogens (tertiary/aromatic N) is 1. The molecule has 0 aromatic heterocycles. The van der Waals surface area contributed by atoms with Crippen LogP contribution in [0.5, 0.6) is 0 Å². The Bertz CT molecular complexity index is 815. The molecule has 1 aliphatic rings. The topological polar surface area (TPSA) is 61.4 Å². The van der Waals surface area contributed by atoms with Crippen LogP contribution in [0.25, 0.3) is 11.1 Å². The maximum Gasteiger partial charge on any atom is 0.251 e. The number of carbonyl (C=O) groups excluding carboxylic acids is 2. The van der Waals surface area contributed by atoms with Gasteiger partial charge in [0.25, 0.3) is 5.91 Å². The predicted molar refractivity (Wildman–Crippen MR) is 112 cm³/mol. The average Bonchev–Trinajstić information content (AvgIpc) is 2.70. The summed E-state index contributed by atoms with van der Waals surface area (Å²) in [6.45, 7) is 2.23. The monoisotopic (exact) mass is 379 g/mol. The Balaban J connectivity index is 1.65. The van der Waals surface area contributed by atoms with Crippen LogP contribution in [0.4, 0.5) is 0 Å². The Labute approximate surface area is 167 Å². The molecule has 5 nitrogen and oxygen atoms in total. The van der Waals surface area contributed by atoms with Crippen molar-refractivity contribution in [3.05, 3.63) is 59.7 Å². The summed E-state index contributed by atoms with van der Waals surface area (Å²) in [6.07, 6.45) is 2.79. The molecule has 2 N–H and O–H groups in total. The lowest BCUT2D eigenvalue weighted by Gasteiger charge is -2.21. The molecule has 2 aromatic rings. The average molecular weight is 380 g/mol. The molecule has 1 atom stereocenters. The van der Waals surface area contributed by atoms with E-state index in [4.69, 9.17) is 0 Å². The van der Waals surface area contributed by atoms with Crippen molar-refractivity contribution in [1.82, 2.24) is 15.5 Å². The van der Waals surface area contributed by atoms with E-state index in [9.17, 15) is 9.59 Å². The highest BCUT2D eigenvalue weighted by Gasteiger charge is 2.21. The smallest absolute Gasteiger partial charge is 0.251 e. The molecular weight excluding hydrogens is 350 g/mol. The van der Waals surface area contributed by atoms with Gasteiger partial charge in [0.1, 0.15) is 0 Å². The summed E-state index contributed by atoms with van der Waals surface area (Å²) in [4.78, 5) is 26.3. The van der Waals surface area contributed by atoms with Crippen LogP contribution in [-0.4, -0.2) is 50.4 Å². The molecule has 148 valence electrons. The lowest BCUT2D eigenvalue weighted by molar-refractivity contribution is -0.126. The molecule has 1 saturated heterocycles. The first-order chi connectivity index (χ1) is 13.5. The number of hydrogen-bond acceptors (Lipinski definition) is 3. The van der Waals surface area contributed by atoms with Gasteiger partial charge < -0.3 is 15.5 Å². The molecule has 1 fully saturated rings. The lowest BCUT2D eigenvalue weighted by atomic mass is 9.91. The lowest BCUT2D eigenvalue weighted by Crippen LogP contribution is -2.37. The third-order valence-corrected chi connectivity index (χ3v) is 5.14. The Kier molecular flexibility index (Phi) is 6.82. The summed E-state index contributed by atoms with van der Waals surface area (Å²) in [7, 11) is 3.97. The molecule has 5 heteroatoms. The first-order valence-electron chi connectivity index (χ1n) is 9.93. The SMILES string of the molecule is CN(C)CCNC(=O)c1cccc(-c2ccc(CC3CCCNC3=O)cc2)c1. The number of benzene rings is 2. The van der Waals surface area contributed by atoms with Crippen LogP contribution < -0.4 is 10.6 Å². The van der Waals surface area contributed by atoms with E-state index in [0.29, 0.717) is 12.1 Å². The molecule has 0 bridgehead atoms. The van der Waals surface area contributed by atoms with Crippen molar-refractivity contribution in [2.24, 2.45) is 5.92 Å². The highest BCUT2D eigenvalue weighted by atomic mass is 16.2. The fraction of sp³-hybridized carbons (Fsp3) is 0.391. The summed E-state index contributed by atoms with van der Waals surface area (Å²) >= 11 is 0. The van der Waals surface area contributed by atoms with E-state index in [2.05, 4.69) is 34.9 Å². The van der Waals surface area contributed by atoms with E-state index in [0.717, 1.165) is 43.5 Å². The number of hydrogen-bond donors (Lipinski definition) is 2. The molecule has 0 saturated carbocycles. The highest BCUT2D eigenvalue weighted by molar-refractivity contribution is 5.95. The van der Waals surface area contributed by atoms with E-state index >= 15 is 0 Å². The van der Waals surface area contributed by atoms with Crippen LogP contribution in [0.2, 0.25) is 0 Å². The van der Waals surface area contributed by atoms with Crippen LogP contribution in [0, 0.1) is 5.92 Å². The van der Waals surface area contributed by atoms with Gasteiger partial charge in [0.05, 0.1) is 0 Å². The minimum absolute atomic E-state index is 0.0522. The largest absolute Gasteiger partial charge is 0.356 e. The van der Waals surface area contributed by atoms with Gasteiger partial charge in [-0.2, -0.15) is 0 Å². The van der Waals surface area contributed by atoms with Gasteiger partial charge in [0.2, 0.25) is 5.91 Å². The predicted octanol–water partition coefficient (Wildman–Crippen LogP) is 2.71. The molecule has 0 spiro atoms. The summed E-state index contributed by atoms with van der Waals surface area (Å²) in [5.41, 5.74) is 3.92. The summed E-state index contributed by atoms with van der Waals surface area (Å²) in [5.74, 6) is 0.195. The molecule has 0 aliphatic carbocycles. The quantitative estimate of drug-likeness (QED) is 0.778. The van der Waals surface area contributed by atoms with Gasteiger partial charge in [-0.3, -0.25) is 9.59 Å². The second-order valence-corrected chi connectivity index (χ2v) is 7.67. The fourth-order valence-corrected chi connectivity index (χ4v) is 3.48. The minimum atomic E-state index is -0.0522. The van der Waals surface area contributed by atoms with Crippen molar-refractivity contribution >= 4 is 11.8 Å². The fourth-order valence-electron chi connectivity index (χ4n) is 3.48. The van der Waals surface area contributed by atoms with Crippen molar-refractivity contribution < 1.29 is 9.59 Å². The summed E-state index contributed by atoms with van der Waals surface area (Å²) < 4.78 is 0. The highest BCUT2D eigenvalue weighted by Crippen LogP contribution is 2.23. The van der Waals surface area contributed by atoms with Gasteiger partial charge >= 0.3 is 0 Å². The van der Waals surface area contributed by atoms with Crippen LogP contribution in [0.1, 0.15) is 28.8 Å². The molecular formula is C23H29N3O2. The number of amides is 2. The second-order valence-electron chi connectivity index (χ2n) is 7.67. The Morgan fingerprint density at radius 3 is 2.64 bits per heavy atom. The van der Waals surface area contributed by atoms with Gasteiger partial charge in [0, 0.05) is 31.1 Å². The molecule has 3 rings (SSSR count).